The summed E-state index contributed by atoms with van der Waals surface area (Å²) in [5.41, 5.74) is 1.13. The summed E-state index contributed by atoms with van der Waals surface area (Å²) in [7, 11) is 1.83. The Labute approximate surface area is 155 Å². The molecular formula is C20H29N5O. The lowest BCUT2D eigenvalue weighted by molar-refractivity contribution is -0.130. The molecule has 1 heterocycles. The highest BCUT2D eigenvalue weighted by molar-refractivity contribution is 5.80. The van der Waals surface area contributed by atoms with Gasteiger partial charge in [0.05, 0.1) is 6.54 Å². The number of rotatable bonds is 9. The standard InChI is InChI=1S/C20H29N5O/c1-3-21-20(23-13-16-25-14-7-8-15-25)22-12-11-19(26)24(2)17-18-9-5-4-6-10-18/h4-10,14-15H,3,11-13,16-17H2,1-2H3,(H2,21,22,23). The van der Waals surface area contributed by atoms with Crippen molar-refractivity contribution in [2.45, 2.75) is 26.4 Å². The average molecular weight is 355 g/mol. The summed E-state index contributed by atoms with van der Waals surface area (Å²) in [4.78, 5) is 18.5. The number of amides is 1. The van der Waals surface area contributed by atoms with Crippen molar-refractivity contribution in [3.63, 3.8) is 0 Å². The van der Waals surface area contributed by atoms with E-state index in [9.17, 15) is 4.79 Å². The number of carbonyl (C=O) groups is 1. The van der Waals surface area contributed by atoms with E-state index in [0.717, 1.165) is 31.2 Å². The highest BCUT2D eigenvalue weighted by atomic mass is 16.2. The topological polar surface area (TPSA) is 61.7 Å². The van der Waals surface area contributed by atoms with E-state index in [1.54, 1.807) is 4.90 Å². The Morgan fingerprint density at radius 2 is 1.85 bits per heavy atom. The minimum absolute atomic E-state index is 0.0980. The Kier molecular flexibility index (Phi) is 8.26. The third-order valence-electron chi connectivity index (χ3n) is 3.96. The van der Waals surface area contributed by atoms with Crippen LogP contribution in [0.2, 0.25) is 0 Å². The third-order valence-corrected chi connectivity index (χ3v) is 3.96. The van der Waals surface area contributed by atoms with Crippen molar-refractivity contribution in [2.24, 2.45) is 4.99 Å². The minimum atomic E-state index is 0.0980. The number of aromatic nitrogens is 1. The number of benzene rings is 1. The molecule has 1 aromatic heterocycles. The van der Waals surface area contributed by atoms with Gasteiger partial charge in [-0.3, -0.25) is 9.79 Å². The van der Waals surface area contributed by atoms with Gasteiger partial charge in [0.1, 0.15) is 0 Å². The molecule has 0 saturated heterocycles. The molecule has 2 aromatic rings. The maximum absolute atomic E-state index is 12.3. The molecule has 1 aromatic carbocycles. The fraction of sp³-hybridized carbons (Fsp3) is 0.400. The molecule has 26 heavy (non-hydrogen) atoms. The number of hydrogen-bond acceptors (Lipinski definition) is 2. The second-order valence-electron chi connectivity index (χ2n) is 6.09. The van der Waals surface area contributed by atoms with E-state index in [-0.39, 0.29) is 5.91 Å². The van der Waals surface area contributed by atoms with Crippen molar-refractivity contribution in [1.29, 1.82) is 0 Å². The number of carbonyl (C=O) groups excluding carboxylic acids is 1. The Hall–Kier alpha value is -2.76. The van der Waals surface area contributed by atoms with E-state index in [1.165, 1.54) is 0 Å². The van der Waals surface area contributed by atoms with Crippen molar-refractivity contribution in [3.8, 4) is 0 Å². The quantitative estimate of drug-likeness (QED) is 0.535. The number of nitrogens with one attached hydrogen (secondary N) is 2. The number of guanidine groups is 1. The van der Waals surface area contributed by atoms with E-state index >= 15 is 0 Å². The molecule has 140 valence electrons. The molecule has 1 amide bonds. The molecule has 2 rings (SSSR count). The summed E-state index contributed by atoms with van der Waals surface area (Å²) in [6.45, 7) is 5.56. The van der Waals surface area contributed by atoms with Gasteiger partial charge < -0.3 is 20.1 Å². The predicted octanol–water partition coefficient (Wildman–Crippen LogP) is 2.09. The lowest BCUT2D eigenvalue weighted by Crippen LogP contribution is -2.39. The lowest BCUT2D eigenvalue weighted by atomic mass is 10.2. The number of aliphatic imine (C=N–C) groups is 1. The zero-order valence-corrected chi connectivity index (χ0v) is 15.7. The summed E-state index contributed by atoms with van der Waals surface area (Å²) in [6, 6.07) is 14.0. The normalized spacial score (nSPS) is 11.2. The molecule has 0 aliphatic carbocycles. The van der Waals surface area contributed by atoms with Gasteiger partial charge in [-0.25, -0.2) is 0 Å². The Balaban J connectivity index is 1.74. The van der Waals surface area contributed by atoms with Gasteiger partial charge in [0.2, 0.25) is 5.91 Å². The third kappa shape index (κ3) is 7.01. The summed E-state index contributed by atoms with van der Waals surface area (Å²) in [6.07, 6.45) is 4.47. The van der Waals surface area contributed by atoms with E-state index in [4.69, 9.17) is 0 Å². The highest BCUT2D eigenvalue weighted by Gasteiger charge is 2.08. The molecule has 0 radical (unpaired) electrons. The van der Waals surface area contributed by atoms with Crippen LogP contribution in [0.4, 0.5) is 0 Å². The molecule has 0 aliphatic rings. The van der Waals surface area contributed by atoms with Crippen LogP contribution in [0.5, 0.6) is 0 Å². The largest absolute Gasteiger partial charge is 0.357 e. The first-order valence-corrected chi connectivity index (χ1v) is 9.10. The van der Waals surface area contributed by atoms with Crippen LogP contribution in [-0.4, -0.2) is 48.0 Å². The zero-order chi connectivity index (χ0) is 18.6. The molecule has 2 N–H and O–H groups in total. The predicted molar refractivity (Wildman–Crippen MR) is 106 cm³/mol. The van der Waals surface area contributed by atoms with Gasteiger partial charge in [-0.05, 0) is 24.6 Å². The molecular weight excluding hydrogens is 326 g/mol. The van der Waals surface area contributed by atoms with Crippen molar-refractivity contribution < 1.29 is 4.79 Å². The Morgan fingerprint density at radius 1 is 1.12 bits per heavy atom. The monoisotopic (exact) mass is 355 g/mol. The maximum Gasteiger partial charge on any atom is 0.224 e. The molecule has 6 nitrogen and oxygen atoms in total. The SMILES string of the molecule is CCNC(=NCCC(=O)N(C)Cc1ccccc1)NCCn1cccc1. The lowest BCUT2D eigenvalue weighted by Gasteiger charge is -2.17. The average Bonchev–Trinajstić information content (AvgIpc) is 3.16. The van der Waals surface area contributed by atoms with Gasteiger partial charge in [0.15, 0.2) is 5.96 Å². The highest BCUT2D eigenvalue weighted by Crippen LogP contribution is 2.04. The van der Waals surface area contributed by atoms with E-state index in [1.807, 2.05) is 68.8 Å². The van der Waals surface area contributed by atoms with E-state index in [2.05, 4.69) is 20.2 Å². The van der Waals surface area contributed by atoms with Crippen LogP contribution in [0.1, 0.15) is 18.9 Å². The second kappa shape index (κ2) is 11.0. The van der Waals surface area contributed by atoms with E-state index in [0.29, 0.717) is 19.5 Å². The van der Waals surface area contributed by atoms with Gasteiger partial charge in [-0.2, -0.15) is 0 Å². The van der Waals surface area contributed by atoms with Gasteiger partial charge in [0.25, 0.3) is 0 Å². The second-order valence-corrected chi connectivity index (χ2v) is 6.09. The van der Waals surface area contributed by atoms with Gasteiger partial charge in [0, 0.05) is 52.0 Å². The summed E-state index contributed by atoms with van der Waals surface area (Å²) < 4.78 is 2.11. The zero-order valence-electron chi connectivity index (χ0n) is 15.7. The van der Waals surface area contributed by atoms with Crippen LogP contribution in [0.15, 0.2) is 59.9 Å². The molecule has 0 fully saturated rings. The van der Waals surface area contributed by atoms with Crippen LogP contribution in [-0.2, 0) is 17.9 Å². The van der Waals surface area contributed by atoms with Crippen molar-refractivity contribution >= 4 is 11.9 Å². The first kappa shape index (κ1) is 19.6. The molecule has 0 atom stereocenters. The molecule has 0 saturated carbocycles. The van der Waals surface area contributed by atoms with Crippen LogP contribution in [0, 0.1) is 0 Å². The fourth-order valence-electron chi connectivity index (χ4n) is 2.56. The molecule has 0 aliphatic heterocycles. The Bertz CT molecular complexity index is 667. The minimum Gasteiger partial charge on any atom is -0.357 e. The van der Waals surface area contributed by atoms with Crippen molar-refractivity contribution in [1.82, 2.24) is 20.1 Å². The number of hydrogen-bond donors (Lipinski definition) is 2. The van der Waals surface area contributed by atoms with Crippen LogP contribution >= 0.6 is 0 Å². The van der Waals surface area contributed by atoms with Crippen molar-refractivity contribution in [2.75, 3.05) is 26.7 Å². The van der Waals surface area contributed by atoms with Gasteiger partial charge in [-0.15, -0.1) is 0 Å². The van der Waals surface area contributed by atoms with Crippen LogP contribution in [0.3, 0.4) is 0 Å². The smallest absolute Gasteiger partial charge is 0.224 e. The summed E-state index contributed by atoms with van der Waals surface area (Å²) >= 11 is 0. The first-order chi connectivity index (χ1) is 12.7. The first-order valence-electron chi connectivity index (χ1n) is 9.10. The molecule has 0 unspecified atom stereocenters. The summed E-state index contributed by atoms with van der Waals surface area (Å²) in [5, 5.41) is 6.51. The molecule has 6 heteroatoms. The van der Waals surface area contributed by atoms with Crippen LogP contribution < -0.4 is 10.6 Å². The number of nitrogens with zero attached hydrogens (tertiary/aromatic N) is 3. The van der Waals surface area contributed by atoms with Gasteiger partial charge >= 0.3 is 0 Å². The molecule has 0 spiro atoms. The maximum atomic E-state index is 12.3. The summed E-state index contributed by atoms with van der Waals surface area (Å²) in [5.74, 6) is 0.846. The fourth-order valence-corrected chi connectivity index (χ4v) is 2.56. The van der Waals surface area contributed by atoms with Gasteiger partial charge in [-0.1, -0.05) is 30.3 Å². The van der Waals surface area contributed by atoms with Crippen LogP contribution in [0.25, 0.3) is 0 Å². The van der Waals surface area contributed by atoms with E-state index < -0.39 is 0 Å². The Morgan fingerprint density at radius 3 is 2.54 bits per heavy atom. The molecule has 0 bridgehead atoms. The van der Waals surface area contributed by atoms with Crippen molar-refractivity contribution in [3.05, 3.63) is 60.4 Å².